The van der Waals surface area contributed by atoms with Gasteiger partial charge in [0, 0.05) is 11.5 Å². The highest BCUT2D eigenvalue weighted by atomic mass is 16.1. The van der Waals surface area contributed by atoms with Gasteiger partial charge in [0.25, 0.3) is 0 Å². The summed E-state index contributed by atoms with van der Waals surface area (Å²) in [6.07, 6.45) is 0. The normalized spacial score (nSPS) is 12.3. The molecule has 3 rings (SSSR count). The van der Waals surface area contributed by atoms with Gasteiger partial charge in [-0.3, -0.25) is 9.69 Å². The second-order valence-electron chi connectivity index (χ2n) is 6.44. The van der Waals surface area contributed by atoms with Crippen molar-refractivity contribution in [2.24, 2.45) is 0 Å². The molecule has 25 heavy (non-hydrogen) atoms. The van der Waals surface area contributed by atoms with E-state index in [0.29, 0.717) is 0 Å². The minimum Gasteiger partial charge on any atom is -0.299 e. The highest BCUT2D eigenvalue weighted by Crippen LogP contribution is 2.32. The fourth-order valence-electron chi connectivity index (χ4n) is 3.33. The lowest BCUT2D eigenvalue weighted by atomic mass is 9.81. The molecule has 0 unspecified atom stereocenters. The van der Waals surface area contributed by atoms with Crippen LogP contribution < -0.4 is 0 Å². The molecule has 0 heterocycles. The SMILES string of the molecule is CN(C)[C@@H](C(=O)c1ccccc1)C(c1ccccc1)c1ccccc1. The Hall–Kier alpha value is -2.71. The maximum atomic E-state index is 13.3. The first kappa shape index (κ1) is 17.1. The predicted molar refractivity (Wildman–Crippen MR) is 103 cm³/mol. The van der Waals surface area contributed by atoms with Gasteiger partial charge < -0.3 is 0 Å². The maximum Gasteiger partial charge on any atom is 0.180 e. The van der Waals surface area contributed by atoms with Crippen molar-refractivity contribution in [2.45, 2.75) is 12.0 Å². The van der Waals surface area contributed by atoms with Crippen LogP contribution in [0.2, 0.25) is 0 Å². The van der Waals surface area contributed by atoms with Gasteiger partial charge in [0.2, 0.25) is 0 Å². The largest absolute Gasteiger partial charge is 0.299 e. The fourth-order valence-corrected chi connectivity index (χ4v) is 3.33. The molecule has 0 fully saturated rings. The number of hydrogen-bond acceptors (Lipinski definition) is 2. The molecule has 0 N–H and O–H groups in total. The maximum absolute atomic E-state index is 13.3. The van der Waals surface area contributed by atoms with E-state index in [2.05, 4.69) is 24.3 Å². The summed E-state index contributed by atoms with van der Waals surface area (Å²) in [6, 6.07) is 29.9. The summed E-state index contributed by atoms with van der Waals surface area (Å²) in [5, 5.41) is 0. The van der Waals surface area contributed by atoms with Crippen LogP contribution in [0.5, 0.6) is 0 Å². The van der Waals surface area contributed by atoms with E-state index in [0.717, 1.165) is 16.7 Å². The third-order valence-corrected chi connectivity index (χ3v) is 4.52. The molecule has 3 aromatic carbocycles. The molecule has 0 bridgehead atoms. The summed E-state index contributed by atoms with van der Waals surface area (Å²) in [4.78, 5) is 15.4. The molecular weight excluding hydrogens is 306 g/mol. The van der Waals surface area contributed by atoms with Crippen molar-refractivity contribution in [1.82, 2.24) is 4.90 Å². The Morgan fingerprint density at radius 2 is 1.08 bits per heavy atom. The first-order valence-corrected chi connectivity index (χ1v) is 8.54. The molecule has 0 radical (unpaired) electrons. The lowest BCUT2D eigenvalue weighted by Gasteiger charge is -2.32. The Balaban J connectivity index is 2.10. The third kappa shape index (κ3) is 3.86. The number of hydrogen-bond donors (Lipinski definition) is 0. The summed E-state index contributed by atoms with van der Waals surface area (Å²) in [5.74, 6) is 0.119. The number of carbonyl (C=O) groups excluding carboxylic acids is 1. The van der Waals surface area contributed by atoms with Crippen LogP contribution in [0.1, 0.15) is 27.4 Å². The summed E-state index contributed by atoms with van der Waals surface area (Å²) in [5.41, 5.74) is 3.05. The van der Waals surface area contributed by atoms with Crippen LogP contribution in [0.4, 0.5) is 0 Å². The van der Waals surface area contributed by atoms with Crippen molar-refractivity contribution in [3.8, 4) is 0 Å². The number of carbonyl (C=O) groups is 1. The van der Waals surface area contributed by atoms with E-state index in [1.165, 1.54) is 0 Å². The Kier molecular flexibility index (Phi) is 5.42. The monoisotopic (exact) mass is 329 g/mol. The number of rotatable bonds is 6. The number of benzene rings is 3. The smallest absolute Gasteiger partial charge is 0.180 e. The summed E-state index contributed by atoms with van der Waals surface area (Å²) < 4.78 is 0. The molecule has 0 aromatic heterocycles. The van der Waals surface area contributed by atoms with Crippen LogP contribution in [0.15, 0.2) is 91.0 Å². The standard InChI is InChI=1S/C23H23NO/c1-24(2)22(23(25)20-16-10-5-11-17-20)21(18-12-6-3-7-13-18)19-14-8-4-9-15-19/h3-17,21-22H,1-2H3/t22-/m1/s1. The molecule has 2 heteroatoms. The van der Waals surface area contributed by atoms with E-state index in [1.807, 2.05) is 85.7 Å². The second kappa shape index (κ2) is 7.91. The van der Waals surface area contributed by atoms with E-state index in [1.54, 1.807) is 0 Å². The van der Waals surface area contributed by atoms with Crippen LogP contribution in [0.25, 0.3) is 0 Å². The van der Waals surface area contributed by atoms with Crippen molar-refractivity contribution in [2.75, 3.05) is 14.1 Å². The van der Waals surface area contributed by atoms with Crippen LogP contribution >= 0.6 is 0 Å². The molecule has 126 valence electrons. The van der Waals surface area contributed by atoms with E-state index < -0.39 is 0 Å². The van der Waals surface area contributed by atoms with Crippen LogP contribution in [-0.2, 0) is 0 Å². The van der Waals surface area contributed by atoms with Gasteiger partial charge in [-0.25, -0.2) is 0 Å². The predicted octanol–water partition coefficient (Wildman–Crippen LogP) is 4.63. The Morgan fingerprint density at radius 1 is 0.680 bits per heavy atom. The van der Waals surface area contributed by atoms with Crippen molar-refractivity contribution < 1.29 is 4.79 Å². The zero-order chi connectivity index (χ0) is 17.6. The second-order valence-corrected chi connectivity index (χ2v) is 6.44. The summed E-state index contributed by atoms with van der Waals surface area (Å²) in [6.45, 7) is 0. The molecule has 2 nitrogen and oxygen atoms in total. The average Bonchev–Trinajstić information content (AvgIpc) is 2.67. The number of likely N-dealkylation sites (N-methyl/N-ethyl adjacent to an activating group) is 1. The fraction of sp³-hybridized carbons (Fsp3) is 0.174. The van der Waals surface area contributed by atoms with Crippen molar-refractivity contribution >= 4 is 5.78 Å². The summed E-state index contributed by atoms with van der Waals surface area (Å²) in [7, 11) is 3.95. The van der Waals surface area contributed by atoms with E-state index in [4.69, 9.17) is 0 Å². The highest BCUT2D eigenvalue weighted by molar-refractivity contribution is 6.01. The Labute approximate surface area is 149 Å². The minimum absolute atomic E-state index is 0.0230. The van der Waals surface area contributed by atoms with E-state index in [9.17, 15) is 4.79 Å². The minimum atomic E-state index is -0.271. The Bertz CT molecular complexity index is 758. The van der Waals surface area contributed by atoms with Crippen LogP contribution in [-0.4, -0.2) is 30.8 Å². The van der Waals surface area contributed by atoms with Gasteiger partial charge in [-0.05, 0) is 25.2 Å². The quantitative estimate of drug-likeness (QED) is 0.615. The molecule has 0 aliphatic heterocycles. The van der Waals surface area contributed by atoms with Crippen molar-refractivity contribution in [1.29, 1.82) is 0 Å². The molecule has 0 aliphatic rings. The van der Waals surface area contributed by atoms with Gasteiger partial charge in [0.15, 0.2) is 5.78 Å². The van der Waals surface area contributed by atoms with Crippen LogP contribution in [0, 0.1) is 0 Å². The number of nitrogens with zero attached hydrogens (tertiary/aromatic N) is 1. The van der Waals surface area contributed by atoms with Gasteiger partial charge in [0.1, 0.15) is 0 Å². The highest BCUT2D eigenvalue weighted by Gasteiger charge is 2.33. The molecule has 1 atom stereocenters. The first-order valence-electron chi connectivity index (χ1n) is 8.54. The number of Topliss-reactive ketones (excluding diaryl/α,β-unsaturated/α-hetero) is 1. The topological polar surface area (TPSA) is 20.3 Å². The van der Waals surface area contributed by atoms with Gasteiger partial charge in [-0.15, -0.1) is 0 Å². The van der Waals surface area contributed by atoms with Gasteiger partial charge >= 0.3 is 0 Å². The van der Waals surface area contributed by atoms with E-state index in [-0.39, 0.29) is 17.7 Å². The lowest BCUT2D eigenvalue weighted by molar-refractivity contribution is 0.0859. The third-order valence-electron chi connectivity index (χ3n) is 4.52. The molecule has 3 aromatic rings. The van der Waals surface area contributed by atoms with E-state index >= 15 is 0 Å². The average molecular weight is 329 g/mol. The molecule has 0 amide bonds. The molecule has 0 saturated carbocycles. The Morgan fingerprint density at radius 3 is 1.48 bits per heavy atom. The molecule has 0 saturated heterocycles. The number of ketones is 1. The van der Waals surface area contributed by atoms with Gasteiger partial charge in [0.05, 0.1) is 6.04 Å². The van der Waals surface area contributed by atoms with Crippen LogP contribution in [0.3, 0.4) is 0 Å². The zero-order valence-corrected chi connectivity index (χ0v) is 14.7. The van der Waals surface area contributed by atoms with Crippen molar-refractivity contribution in [3.05, 3.63) is 108 Å². The van der Waals surface area contributed by atoms with Gasteiger partial charge in [-0.1, -0.05) is 91.0 Å². The van der Waals surface area contributed by atoms with Crippen molar-refractivity contribution in [3.63, 3.8) is 0 Å². The zero-order valence-electron chi connectivity index (χ0n) is 14.7. The molecular formula is C23H23NO. The lowest BCUT2D eigenvalue weighted by Crippen LogP contribution is -2.41. The summed E-state index contributed by atoms with van der Waals surface area (Å²) >= 11 is 0. The first-order chi connectivity index (χ1) is 12.2. The van der Waals surface area contributed by atoms with Gasteiger partial charge in [-0.2, -0.15) is 0 Å². The molecule has 0 spiro atoms. The molecule has 0 aliphatic carbocycles.